The van der Waals surface area contributed by atoms with E-state index in [1.807, 2.05) is 30.3 Å². The van der Waals surface area contributed by atoms with E-state index in [-0.39, 0.29) is 34.6 Å². The Morgan fingerprint density at radius 2 is 1.97 bits per heavy atom. The summed E-state index contributed by atoms with van der Waals surface area (Å²) in [5.74, 6) is 4.37. The van der Waals surface area contributed by atoms with Crippen LogP contribution in [0.1, 0.15) is 48.9 Å². The number of nitrogens with one attached hydrogen (secondary N) is 1. The molecule has 1 unspecified atom stereocenters. The number of carbonyl (C=O) groups is 2. The molecular formula is C22H16N4O7. The first-order valence-electron chi connectivity index (χ1n) is 9.95. The van der Waals surface area contributed by atoms with Crippen molar-refractivity contribution in [2.45, 2.75) is 31.3 Å². The number of nitrogens with zero attached hydrogens (tertiary/aromatic N) is 3. The number of amides is 1. The van der Waals surface area contributed by atoms with Gasteiger partial charge in [-0.25, -0.2) is 4.79 Å². The van der Waals surface area contributed by atoms with Crippen molar-refractivity contribution in [2.75, 3.05) is 5.32 Å². The van der Waals surface area contributed by atoms with Crippen LogP contribution in [-0.2, 0) is 14.9 Å². The quantitative estimate of drug-likeness (QED) is 0.433. The maximum atomic E-state index is 12.2. The van der Waals surface area contributed by atoms with Gasteiger partial charge in [0.15, 0.2) is 5.69 Å². The van der Waals surface area contributed by atoms with Gasteiger partial charge in [-0.05, 0) is 31.2 Å². The Hall–Kier alpha value is -4.59. The third-order valence-corrected chi connectivity index (χ3v) is 5.19. The zero-order chi connectivity index (χ0) is 23.0. The number of aromatic nitrogens is 3. The highest BCUT2D eigenvalue weighted by Crippen LogP contribution is 2.48. The molecule has 1 atom stereocenters. The SMILES string of the molecule is CC(OC(=O)Nc1conc1C#Cc1nc2nc(C3(C(=O)O)CC3)oc2o1)c1ccccc1. The van der Waals surface area contributed by atoms with Gasteiger partial charge in [0.2, 0.25) is 11.5 Å². The molecule has 33 heavy (non-hydrogen) atoms. The van der Waals surface area contributed by atoms with E-state index in [1.54, 1.807) is 6.92 Å². The summed E-state index contributed by atoms with van der Waals surface area (Å²) in [4.78, 5) is 31.8. The molecule has 2 N–H and O–H groups in total. The molecule has 3 heterocycles. The number of carboxylic acids is 1. The molecule has 1 aliphatic carbocycles. The number of hydrogen-bond acceptors (Lipinski definition) is 9. The molecule has 11 nitrogen and oxygen atoms in total. The molecule has 1 aromatic carbocycles. The highest BCUT2D eigenvalue weighted by atomic mass is 16.6. The monoisotopic (exact) mass is 448 g/mol. The second-order valence-corrected chi connectivity index (χ2v) is 7.45. The summed E-state index contributed by atoms with van der Waals surface area (Å²) in [6, 6.07) is 9.28. The van der Waals surface area contributed by atoms with Gasteiger partial charge in [-0.3, -0.25) is 10.1 Å². The van der Waals surface area contributed by atoms with Gasteiger partial charge >= 0.3 is 17.8 Å². The highest BCUT2D eigenvalue weighted by Gasteiger charge is 2.56. The number of carboxylic acid groups (broad SMARTS) is 1. The summed E-state index contributed by atoms with van der Waals surface area (Å²) in [5.41, 5.74) is 0.215. The molecule has 5 rings (SSSR count). The van der Waals surface area contributed by atoms with Gasteiger partial charge in [-0.1, -0.05) is 35.5 Å². The van der Waals surface area contributed by atoms with Crippen molar-refractivity contribution >= 4 is 29.2 Å². The fourth-order valence-electron chi connectivity index (χ4n) is 3.16. The third-order valence-electron chi connectivity index (χ3n) is 5.19. The Labute approximate surface area is 185 Å². The minimum absolute atomic E-state index is 0.0150. The summed E-state index contributed by atoms with van der Waals surface area (Å²) in [6.45, 7) is 1.75. The molecule has 0 spiro atoms. The van der Waals surface area contributed by atoms with E-state index in [9.17, 15) is 14.7 Å². The standard InChI is InChI=1S/C22H16N4O7/c1-12(13-5-3-2-4-6-13)31-21(29)23-15-11-30-26-14(15)7-8-16-24-17-18(32-16)33-19(25-17)22(9-10-22)20(27)28/h2-6,11-12H,9-10H2,1H3,(H,23,29)(H,27,28). The van der Waals surface area contributed by atoms with Crippen molar-refractivity contribution in [3.05, 3.63) is 59.6 Å². The van der Waals surface area contributed by atoms with Crippen molar-refractivity contribution in [3.63, 3.8) is 0 Å². The first-order chi connectivity index (χ1) is 15.9. The minimum atomic E-state index is -1.09. The van der Waals surface area contributed by atoms with Crippen LogP contribution in [0.25, 0.3) is 11.4 Å². The summed E-state index contributed by atoms with van der Waals surface area (Å²) in [6.07, 6.45) is 0.959. The molecule has 3 aromatic heterocycles. The molecule has 1 aliphatic rings. The largest absolute Gasteiger partial charge is 0.480 e. The predicted molar refractivity (Wildman–Crippen MR) is 110 cm³/mol. The lowest BCUT2D eigenvalue weighted by Gasteiger charge is -2.13. The second-order valence-electron chi connectivity index (χ2n) is 7.45. The third kappa shape index (κ3) is 3.89. The first-order valence-corrected chi connectivity index (χ1v) is 9.95. The number of aliphatic carboxylic acids is 1. The molecule has 166 valence electrons. The van der Waals surface area contributed by atoms with Gasteiger partial charge in [-0.2, -0.15) is 9.97 Å². The molecule has 1 saturated carbocycles. The molecule has 1 fully saturated rings. The lowest BCUT2D eigenvalue weighted by atomic mass is 10.1. The van der Waals surface area contributed by atoms with E-state index in [0.717, 1.165) is 5.56 Å². The maximum absolute atomic E-state index is 12.2. The van der Waals surface area contributed by atoms with Crippen LogP contribution in [0.15, 0.2) is 50.0 Å². The first kappa shape index (κ1) is 20.3. The van der Waals surface area contributed by atoms with Crippen LogP contribution < -0.4 is 5.32 Å². The lowest BCUT2D eigenvalue weighted by molar-refractivity contribution is -0.140. The Morgan fingerprint density at radius 3 is 2.67 bits per heavy atom. The minimum Gasteiger partial charge on any atom is -0.480 e. The molecule has 0 bridgehead atoms. The zero-order valence-corrected chi connectivity index (χ0v) is 17.2. The predicted octanol–water partition coefficient (Wildman–Crippen LogP) is 3.63. The molecule has 1 amide bonds. The number of fused-ring (bicyclic) bond motifs is 1. The average Bonchev–Trinajstić information content (AvgIpc) is 3.12. The Balaban J connectivity index is 1.27. The molecule has 4 aromatic rings. The summed E-state index contributed by atoms with van der Waals surface area (Å²) < 4.78 is 21.1. The van der Waals surface area contributed by atoms with E-state index in [1.165, 1.54) is 6.26 Å². The maximum Gasteiger partial charge on any atom is 0.412 e. The van der Waals surface area contributed by atoms with Gasteiger partial charge < -0.3 is 23.2 Å². The van der Waals surface area contributed by atoms with Crippen molar-refractivity contribution in [2.24, 2.45) is 0 Å². The van der Waals surface area contributed by atoms with E-state index in [0.29, 0.717) is 12.8 Å². The fraction of sp³-hybridized carbons (Fsp3) is 0.227. The van der Waals surface area contributed by atoms with Gasteiger partial charge in [-0.15, -0.1) is 0 Å². The van der Waals surface area contributed by atoms with Crippen LogP contribution in [0.2, 0.25) is 0 Å². The lowest BCUT2D eigenvalue weighted by Crippen LogP contribution is -2.19. The van der Waals surface area contributed by atoms with E-state index in [4.69, 9.17) is 18.1 Å². The average molecular weight is 448 g/mol. The van der Waals surface area contributed by atoms with Crippen LogP contribution >= 0.6 is 0 Å². The van der Waals surface area contributed by atoms with Crippen LogP contribution in [0, 0.1) is 11.8 Å². The Morgan fingerprint density at radius 1 is 1.18 bits per heavy atom. The van der Waals surface area contributed by atoms with Gasteiger partial charge in [0, 0.05) is 5.92 Å². The Kier molecular flexibility index (Phi) is 4.82. The number of hydrogen-bond donors (Lipinski definition) is 2. The number of carbonyl (C=O) groups excluding carboxylic acids is 1. The van der Waals surface area contributed by atoms with Crippen molar-refractivity contribution in [1.82, 2.24) is 15.1 Å². The summed E-state index contributed by atoms with van der Waals surface area (Å²) >= 11 is 0. The molecule has 11 heteroatoms. The topological polar surface area (TPSA) is 154 Å². The molecule has 0 radical (unpaired) electrons. The van der Waals surface area contributed by atoms with Gasteiger partial charge in [0.1, 0.15) is 23.5 Å². The van der Waals surface area contributed by atoms with Crippen molar-refractivity contribution in [3.8, 4) is 11.8 Å². The number of benzene rings is 1. The molecule has 0 aliphatic heterocycles. The molecule has 0 saturated heterocycles. The van der Waals surface area contributed by atoms with Crippen LogP contribution in [-0.4, -0.2) is 32.3 Å². The summed E-state index contributed by atoms with van der Waals surface area (Å²) in [5, 5.41) is 15.6. The highest BCUT2D eigenvalue weighted by molar-refractivity contribution is 5.86. The van der Waals surface area contributed by atoms with E-state index < -0.39 is 23.6 Å². The number of ether oxygens (including phenoxy) is 1. The summed E-state index contributed by atoms with van der Waals surface area (Å²) in [7, 11) is 0. The van der Waals surface area contributed by atoms with E-state index in [2.05, 4.69) is 32.3 Å². The van der Waals surface area contributed by atoms with Gasteiger partial charge in [0.25, 0.3) is 5.89 Å². The number of rotatable bonds is 5. The zero-order valence-electron chi connectivity index (χ0n) is 17.2. The van der Waals surface area contributed by atoms with Crippen LogP contribution in [0.4, 0.5) is 10.5 Å². The molecular weight excluding hydrogens is 432 g/mol. The van der Waals surface area contributed by atoms with Crippen LogP contribution in [0.5, 0.6) is 0 Å². The number of anilines is 1. The van der Waals surface area contributed by atoms with Crippen molar-refractivity contribution in [1.29, 1.82) is 0 Å². The van der Waals surface area contributed by atoms with Crippen LogP contribution in [0.3, 0.4) is 0 Å². The van der Waals surface area contributed by atoms with Crippen molar-refractivity contribution < 1.29 is 32.8 Å². The number of oxazole rings is 2. The second kappa shape index (κ2) is 7.83. The van der Waals surface area contributed by atoms with E-state index >= 15 is 0 Å². The normalized spacial score (nSPS) is 14.8. The van der Waals surface area contributed by atoms with Gasteiger partial charge in [0.05, 0.1) is 0 Å². The Bertz CT molecular complexity index is 1370. The fourth-order valence-corrected chi connectivity index (χ4v) is 3.16. The smallest absolute Gasteiger partial charge is 0.412 e.